The summed E-state index contributed by atoms with van der Waals surface area (Å²) in [5.41, 5.74) is 0. The molecule has 4 nitrogen and oxygen atoms in total. The monoisotopic (exact) mass is 249 g/mol. The predicted molar refractivity (Wildman–Crippen MR) is 56.7 cm³/mol. The van der Waals surface area contributed by atoms with E-state index in [1.807, 2.05) is 13.8 Å². The van der Waals surface area contributed by atoms with Crippen LogP contribution in [0.5, 0.6) is 0 Å². The summed E-state index contributed by atoms with van der Waals surface area (Å²) < 4.78 is 25.1. The zero-order valence-corrected chi connectivity index (χ0v) is 9.87. The van der Waals surface area contributed by atoms with Crippen molar-refractivity contribution in [2.75, 3.05) is 0 Å². The fourth-order valence-electron chi connectivity index (χ4n) is 1.83. The summed E-state index contributed by atoms with van der Waals surface area (Å²) in [5, 5.41) is 11.2. The summed E-state index contributed by atoms with van der Waals surface area (Å²) >= 11 is 0. The van der Waals surface area contributed by atoms with Crippen molar-refractivity contribution in [2.45, 2.75) is 45.1 Å². The molecule has 0 bridgehead atoms. The number of rotatable bonds is 5. The molecule has 1 aliphatic carbocycles. The lowest BCUT2D eigenvalue weighted by atomic mass is 9.80. The van der Waals surface area contributed by atoms with Gasteiger partial charge in [-0.2, -0.15) is 0 Å². The minimum absolute atomic E-state index is 0.110. The van der Waals surface area contributed by atoms with Crippen LogP contribution in [0, 0.1) is 11.8 Å². The third kappa shape index (κ3) is 3.94. The molecule has 0 aromatic rings. The van der Waals surface area contributed by atoms with Crippen LogP contribution in [-0.4, -0.2) is 28.9 Å². The molecule has 1 fully saturated rings. The van der Waals surface area contributed by atoms with E-state index in [4.69, 9.17) is 5.11 Å². The second kappa shape index (κ2) is 4.98. The molecular formula is C11H17F2NO3. The molecule has 0 aliphatic heterocycles. The van der Waals surface area contributed by atoms with Crippen LogP contribution >= 0.6 is 0 Å². The minimum Gasteiger partial charge on any atom is -0.480 e. The van der Waals surface area contributed by atoms with E-state index in [2.05, 4.69) is 5.32 Å². The summed E-state index contributed by atoms with van der Waals surface area (Å²) in [7, 11) is 0. The number of carbonyl (C=O) groups is 2. The second-order valence-corrected chi connectivity index (χ2v) is 4.99. The molecule has 6 heteroatoms. The van der Waals surface area contributed by atoms with Gasteiger partial charge in [-0.25, -0.2) is 13.6 Å². The van der Waals surface area contributed by atoms with Gasteiger partial charge >= 0.3 is 5.97 Å². The number of hydrogen-bond donors (Lipinski definition) is 2. The van der Waals surface area contributed by atoms with Gasteiger partial charge in [0.1, 0.15) is 6.04 Å². The van der Waals surface area contributed by atoms with Gasteiger partial charge in [-0.15, -0.1) is 0 Å². The van der Waals surface area contributed by atoms with Crippen LogP contribution < -0.4 is 5.32 Å². The van der Waals surface area contributed by atoms with Gasteiger partial charge in [-0.05, 0) is 12.3 Å². The Morgan fingerprint density at radius 2 is 1.94 bits per heavy atom. The molecule has 2 N–H and O–H groups in total. The molecular weight excluding hydrogens is 232 g/mol. The maximum absolute atomic E-state index is 12.6. The molecule has 0 saturated heterocycles. The van der Waals surface area contributed by atoms with Gasteiger partial charge in [0, 0.05) is 18.8 Å². The molecule has 17 heavy (non-hydrogen) atoms. The molecule has 1 saturated carbocycles. The maximum atomic E-state index is 12.6. The van der Waals surface area contributed by atoms with Gasteiger partial charge in [0.2, 0.25) is 11.8 Å². The Labute approximate surface area is 98.4 Å². The lowest BCUT2D eigenvalue weighted by Gasteiger charge is -2.34. The number of alkyl halides is 2. The maximum Gasteiger partial charge on any atom is 0.326 e. The first-order valence-electron chi connectivity index (χ1n) is 5.62. The number of carbonyl (C=O) groups excluding carboxylic acids is 1. The van der Waals surface area contributed by atoms with Gasteiger partial charge in [0.05, 0.1) is 0 Å². The fraction of sp³-hybridized carbons (Fsp3) is 0.818. The van der Waals surface area contributed by atoms with E-state index in [0.29, 0.717) is 6.42 Å². The molecule has 1 rings (SSSR count). The first-order chi connectivity index (χ1) is 7.71. The number of hydrogen-bond acceptors (Lipinski definition) is 2. The Morgan fingerprint density at radius 3 is 2.29 bits per heavy atom. The number of carboxylic acids is 1. The summed E-state index contributed by atoms with van der Waals surface area (Å²) in [5.74, 6) is -5.11. The van der Waals surface area contributed by atoms with Crippen molar-refractivity contribution in [2.24, 2.45) is 11.8 Å². The van der Waals surface area contributed by atoms with Gasteiger partial charge < -0.3 is 10.4 Å². The van der Waals surface area contributed by atoms with Gasteiger partial charge in [-0.3, -0.25) is 4.79 Å². The van der Waals surface area contributed by atoms with E-state index in [0.717, 1.165) is 0 Å². The highest BCUT2D eigenvalue weighted by molar-refractivity contribution is 5.85. The summed E-state index contributed by atoms with van der Waals surface area (Å²) in [6, 6.07) is -0.989. The predicted octanol–water partition coefficient (Wildman–Crippen LogP) is 1.65. The highest BCUT2D eigenvalue weighted by Gasteiger charge is 2.49. The Morgan fingerprint density at radius 1 is 1.41 bits per heavy atom. The van der Waals surface area contributed by atoms with E-state index < -0.39 is 42.6 Å². The molecule has 1 amide bonds. The third-order valence-electron chi connectivity index (χ3n) is 2.78. The zero-order chi connectivity index (χ0) is 13.2. The topological polar surface area (TPSA) is 66.4 Å². The molecule has 0 heterocycles. The van der Waals surface area contributed by atoms with Crippen LogP contribution in [0.3, 0.4) is 0 Å². The average Bonchev–Trinajstić information content (AvgIpc) is 2.11. The summed E-state index contributed by atoms with van der Waals surface area (Å²) in [6.45, 7) is 3.67. The summed E-state index contributed by atoms with van der Waals surface area (Å²) in [6.07, 6.45) is -0.663. The van der Waals surface area contributed by atoms with Crippen LogP contribution in [0.2, 0.25) is 0 Å². The van der Waals surface area contributed by atoms with Crippen molar-refractivity contribution in [3.05, 3.63) is 0 Å². The molecule has 98 valence electrons. The van der Waals surface area contributed by atoms with Crippen LogP contribution in [-0.2, 0) is 9.59 Å². The molecule has 0 radical (unpaired) electrons. The molecule has 1 atom stereocenters. The first kappa shape index (κ1) is 13.9. The van der Waals surface area contributed by atoms with Gasteiger partial charge in [0.15, 0.2) is 0 Å². The van der Waals surface area contributed by atoms with E-state index in [1.165, 1.54) is 0 Å². The van der Waals surface area contributed by atoms with Crippen LogP contribution in [0.4, 0.5) is 8.78 Å². The SMILES string of the molecule is CC(C)C[C@@H](NC(=O)C1CC(F)(F)C1)C(=O)O. The van der Waals surface area contributed by atoms with Crippen LogP contribution in [0.1, 0.15) is 33.1 Å². The Balaban J connectivity index is 2.45. The average molecular weight is 249 g/mol. The second-order valence-electron chi connectivity index (χ2n) is 4.99. The molecule has 0 aromatic carbocycles. The van der Waals surface area contributed by atoms with Crippen LogP contribution in [0.15, 0.2) is 0 Å². The largest absolute Gasteiger partial charge is 0.480 e. The third-order valence-corrected chi connectivity index (χ3v) is 2.78. The van der Waals surface area contributed by atoms with Gasteiger partial charge in [-0.1, -0.05) is 13.8 Å². The van der Waals surface area contributed by atoms with Crippen molar-refractivity contribution in [3.63, 3.8) is 0 Å². The van der Waals surface area contributed by atoms with Crippen molar-refractivity contribution in [1.29, 1.82) is 0 Å². The highest BCUT2D eigenvalue weighted by Crippen LogP contribution is 2.42. The molecule has 0 unspecified atom stereocenters. The number of nitrogens with one attached hydrogen (secondary N) is 1. The zero-order valence-electron chi connectivity index (χ0n) is 9.87. The highest BCUT2D eigenvalue weighted by atomic mass is 19.3. The van der Waals surface area contributed by atoms with Crippen molar-refractivity contribution in [3.8, 4) is 0 Å². The summed E-state index contributed by atoms with van der Waals surface area (Å²) in [4.78, 5) is 22.4. The Kier molecular flexibility index (Phi) is 4.06. The van der Waals surface area contributed by atoms with E-state index in [1.54, 1.807) is 0 Å². The Hall–Kier alpha value is -1.20. The van der Waals surface area contributed by atoms with E-state index >= 15 is 0 Å². The van der Waals surface area contributed by atoms with Crippen molar-refractivity contribution < 1.29 is 23.5 Å². The Bertz CT molecular complexity index is 310. The van der Waals surface area contributed by atoms with Gasteiger partial charge in [0.25, 0.3) is 0 Å². The lowest BCUT2D eigenvalue weighted by molar-refractivity contribution is -0.154. The molecule has 0 aromatic heterocycles. The number of aliphatic carboxylic acids is 1. The molecule has 1 aliphatic rings. The standard InChI is InChI=1S/C11H17F2NO3/c1-6(2)3-8(10(16)17)14-9(15)7-4-11(12,13)5-7/h6-8H,3-5H2,1-2H3,(H,14,15)(H,16,17)/t8-/m1/s1. The number of amides is 1. The quantitative estimate of drug-likeness (QED) is 0.778. The van der Waals surface area contributed by atoms with Crippen molar-refractivity contribution in [1.82, 2.24) is 5.32 Å². The smallest absolute Gasteiger partial charge is 0.326 e. The van der Waals surface area contributed by atoms with Crippen molar-refractivity contribution >= 4 is 11.9 Å². The van der Waals surface area contributed by atoms with Crippen LogP contribution in [0.25, 0.3) is 0 Å². The van der Waals surface area contributed by atoms with E-state index in [9.17, 15) is 18.4 Å². The van der Waals surface area contributed by atoms with E-state index in [-0.39, 0.29) is 5.92 Å². The fourth-order valence-corrected chi connectivity index (χ4v) is 1.83. The number of carboxylic acid groups (broad SMARTS) is 1. The normalized spacial score (nSPS) is 20.8. The lowest BCUT2D eigenvalue weighted by Crippen LogP contribution is -2.50. The number of halogens is 2. The first-order valence-corrected chi connectivity index (χ1v) is 5.62. The molecule has 0 spiro atoms. The minimum atomic E-state index is -2.77.